The van der Waals surface area contributed by atoms with E-state index < -0.39 is 0 Å². The zero-order valence-electron chi connectivity index (χ0n) is 15.3. The molecule has 26 heavy (non-hydrogen) atoms. The van der Waals surface area contributed by atoms with Crippen LogP contribution in [0.1, 0.15) is 17.5 Å². The number of amides is 1. The molecule has 1 N–H and O–H groups in total. The van der Waals surface area contributed by atoms with E-state index in [0.29, 0.717) is 37.6 Å². The van der Waals surface area contributed by atoms with Gasteiger partial charge in [-0.25, -0.2) is 0 Å². The second-order valence-corrected chi connectivity index (χ2v) is 6.05. The number of aryl methyl sites for hydroxylation is 2. The number of methoxy groups -OCH3 is 2. The molecule has 1 aliphatic rings. The van der Waals surface area contributed by atoms with Crippen molar-refractivity contribution < 1.29 is 23.7 Å². The van der Waals surface area contributed by atoms with Crippen LogP contribution in [0.3, 0.4) is 0 Å². The number of carbonyl (C=O) groups excluding carboxylic acids is 1. The Morgan fingerprint density at radius 1 is 1.04 bits per heavy atom. The highest BCUT2D eigenvalue weighted by Crippen LogP contribution is 2.33. The lowest BCUT2D eigenvalue weighted by Gasteiger charge is -2.18. The number of fused-ring (bicyclic) bond motifs is 1. The van der Waals surface area contributed by atoms with Crippen LogP contribution in [0.25, 0.3) is 0 Å². The Labute approximate surface area is 153 Å². The van der Waals surface area contributed by atoms with Gasteiger partial charge in [0.2, 0.25) is 5.91 Å². The van der Waals surface area contributed by atoms with Crippen LogP contribution in [-0.2, 0) is 11.2 Å². The summed E-state index contributed by atoms with van der Waals surface area (Å²) in [6, 6.07) is 9.40. The van der Waals surface area contributed by atoms with E-state index in [4.69, 9.17) is 18.9 Å². The zero-order chi connectivity index (χ0) is 18.5. The van der Waals surface area contributed by atoms with Crippen LogP contribution in [0.4, 0.5) is 5.69 Å². The number of carbonyl (C=O) groups is 1. The van der Waals surface area contributed by atoms with Crippen LogP contribution in [-0.4, -0.2) is 33.3 Å². The normalized spacial score (nSPS) is 12.4. The van der Waals surface area contributed by atoms with E-state index in [-0.39, 0.29) is 5.91 Å². The summed E-state index contributed by atoms with van der Waals surface area (Å²) in [5.74, 6) is 2.66. The number of hydrogen-bond donors (Lipinski definition) is 1. The van der Waals surface area contributed by atoms with Crippen molar-refractivity contribution in [1.29, 1.82) is 0 Å². The summed E-state index contributed by atoms with van der Waals surface area (Å²) < 4.78 is 21.7. The van der Waals surface area contributed by atoms with Gasteiger partial charge in [-0.05, 0) is 42.7 Å². The lowest BCUT2D eigenvalue weighted by molar-refractivity contribution is -0.116. The molecule has 0 radical (unpaired) electrons. The summed E-state index contributed by atoms with van der Waals surface area (Å²) in [5, 5.41) is 2.94. The van der Waals surface area contributed by atoms with E-state index in [9.17, 15) is 4.79 Å². The van der Waals surface area contributed by atoms with Crippen LogP contribution in [0.2, 0.25) is 0 Å². The Morgan fingerprint density at radius 2 is 1.73 bits per heavy atom. The monoisotopic (exact) mass is 357 g/mol. The fourth-order valence-electron chi connectivity index (χ4n) is 2.83. The van der Waals surface area contributed by atoms with Crippen molar-refractivity contribution in [1.82, 2.24) is 0 Å². The maximum Gasteiger partial charge on any atom is 0.224 e. The van der Waals surface area contributed by atoms with E-state index >= 15 is 0 Å². The van der Waals surface area contributed by atoms with Crippen LogP contribution in [0, 0.1) is 6.92 Å². The summed E-state index contributed by atoms with van der Waals surface area (Å²) >= 11 is 0. The smallest absolute Gasteiger partial charge is 0.224 e. The van der Waals surface area contributed by atoms with E-state index in [0.717, 1.165) is 28.3 Å². The maximum atomic E-state index is 12.3. The number of hydrogen-bond acceptors (Lipinski definition) is 5. The molecule has 0 spiro atoms. The first-order chi connectivity index (χ1) is 12.6. The van der Waals surface area contributed by atoms with E-state index in [2.05, 4.69) is 5.32 Å². The van der Waals surface area contributed by atoms with Crippen molar-refractivity contribution in [3.8, 4) is 23.0 Å². The SMILES string of the molecule is COc1cc(C)c(NC(=O)CCc2ccc3c(c2)OCCO3)cc1OC. The van der Waals surface area contributed by atoms with Crippen molar-refractivity contribution in [2.75, 3.05) is 32.8 Å². The standard InChI is InChI=1S/C20H23NO5/c1-13-10-17(23-2)18(24-3)12-15(13)21-20(22)7-5-14-4-6-16-19(11-14)26-9-8-25-16/h4,6,10-12H,5,7-9H2,1-3H3,(H,21,22). The molecular formula is C20H23NO5. The topological polar surface area (TPSA) is 66.0 Å². The fourth-order valence-corrected chi connectivity index (χ4v) is 2.83. The first-order valence-electron chi connectivity index (χ1n) is 8.51. The van der Waals surface area contributed by atoms with Crippen molar-refractivity contribution >= 4 is 11.6 Å². The molecule has 2 aromatic rings. The third kappa shape index (κ3) is 4.02. The molecule has 0 fully saturated rings. The highest BCUT2D eigenvalue weighted by Gasteiger charge is 2.14. The largest absolute Gasteiger partial charge is 0.493 e. The van der Waals surface area contributed by atoms with Crippen LogP contribution in [0.5, 0.6) is 23.0 Å². The van der Waals surface area contributed by atoms with Crippen LogP contribution in [0.15, 0.2) is 30.3 Å². The molecule has 0 unspecified atom stereocenters. The van der Waals surface area contributed by atoms with Crippen molar-refractivity contribution in [3.63, 3.8) is 0 Å². The van der Waals surface area contributed by atoms with Crippen LogP contribution >= 0.6 is 0 Å². The molecule has 2 aromatic carbocycles. The molecule has 0 bridgehead atoms. The van der Waals surface area contributed by atoms with Gasteiger partial charge in [0.05, 0.1) is 14.2 Å². The van der Waals surface area contributed by atoms with Gasteiger partial charge in [-0.2, -0.15) is 0 Å². The predicted octanol–water partition coefficient (Wildman–Crippen LogP) is 3.35. The van der Waals surface area contributed by atoms with Crippen molar-refractivity contribution in [3.05, 3.63) is 41.5 Å². The predicted molar refractivity (Wildman–Crippen MR) is 98.7 cm³/mol. The number of benzene rings is 2. The molecule has 0 saturated carbocycles. The van der Waals surface area contributed by atoms with E-state index in [1.165, 1.54) is 0 Å². The van der Waals surface area contributed by atoms with Gasteiger partial charge in [-0.15, -0.1) is 0 Å². The Kier molecular flexibility index (Phi) is 5.51. The number of ether oxygens (including phenoxy) is 4. The molecule has 0 aromatic heterocycles. The minimum absolute atomic E-state index is 0.0600. The molecule has 3 rings (SSSR count). The number of rotatable bonds is 6. The average molecular weight is 357 g/mol. The molecule has 0 atom stereocenters. The van der Waals surface area contributed by atoms with Gasteiger partial charge in [-0.1, -0.05) is 6.07 Å². The number of nitrogens with one attached hydrogen (secondary N) is 1. The van der Waals surface area contributed by atoms with E-state index in [1.54, 1.807) is 20.3 Å². The summed E-state index contributed by atoms with van der Waals surface area (Å²) in [6.07, 6.45) is 0.988. The van der Waals surface area contributed by atoms with Crippen LogP contribution < -0.4 is 24.3 Å². The quantitative estimate of drug-likeness (QED) is 0.859. The van der Waals surface area contributed by atoms with Gasteiger partial charge in [0.15, 0.2) is 23.0 Å². The highest BCUT2D eigenvalue weighted by molar-refractivity contribution is 5.92. The van der Waals surface area contributed by atoms with E-state index in [1.807, 2.05) is 31.2 Å². The molecule has 1 aliphatic heterocycles. The molecule has 1 amide bonds. The zero-order valence-corrected chi connectivity index (χ0v) is 15.3. The molecule has 6 nitrogen and oxygen atoms in total. The lowest BCUT2D eigenvalue weighted by Crippen LogP contribution is -2.16. The second-order valence-electron chi connectivity index (χ2n) is 6.05. The molecular weight excluding hydrogens is 334 g/mol. The molecule has 0 saturated heterocycles. The fraction of sp³-hybridized carbons (Fsp3) is 0.350. The summed E-state index contributed by atoms with van der Waals surface area (Å²) in [5.41, 5.74) is 2.67. The third-order valence-electron chi connectivity index (χ3n) is 4.25. The Hall–Kier alpha value is -2.89. The first-order valence-corrected chi connectivity index (χ1v) is 8.51. The lowest BCUT2D eigenvalue weighted by atomic mass is 10.1. The minimum atomic E-state index is -0.0600. The second kappa shape index (κ2) is 7.99. The Balaban J connectivity index is 1.62. The average Bonchev–Trinajstić information content (AvgIpc) is 2.67. The van der Waals surface area contributed by atoms with Gasteiger partial charge in [0.25, 0.3) is 0 Å². The van der Waals surface area contributed by atoms with Gasteiger partial charge in [-0.3, -0.25) is 4.79 Å². The highest BCUT2D eigenvalue weighted by atomic mass is 16.6. The number of anilines is 1. The van der Waals surface area contributed by atoms with Gasteiger partial charge >= 0.3 is 0 Å². The van der Waals surface area contributed by atoms with Crippen molar-refractivity contribution in [2.24, 2.45) is 0 Å². The summed E-state index contributed by atoms with van der Waals surface area (Å²) in [6.45, 7) is 3.04. The molecule has 0 aliphatic carbocycles. The van der Waals surface area contributed by atoms with Gasteiger partial charge < -0.3 is 24.3 Å². The van der Waals surface area contributed by atoms with Gasteiger partial charge in [0, 0.05) is 18.2 Å². The molecule has 1 heterocycles. The third-order valence-corrected chi connectivity index (χ3v) is 4.25. The Bertz CT molecular complexity index is 803. The first kappa shape index (κ1) is 17.9. The Morgan fingerprint density at radius 3 is 2.46 bits per heavy atom. The minimum Gasteiger partial charge on any atom is -0.493 e. The van der Waals surface area contributed by atoms with Crippen molar-refractivity contribution in [2.45, 2.75) is 19.8 Å². The summed E-state index contributed by atoms with van der Waals surface area (Å²) in [4.78, 5) is 12.3. The summed E-state index contributed by atoms with van der Waals surface area (Å²) in [7, 11) is 3.16. The molecule has 138 valence electrons. The molecule has 6 heteroatoms. The van der Waals surface area contributed by atoms with Gasteiger partial charge in [0.1, 0.15) is 13.2 Å². The maximum absolute atomic E-state index is 12.3.